The monoisotopic (exact) mass is 1700 g/mol. The third-order valence-corrected chi connectivity index (χ3v) is 27.7. The molecular formula is C125H84N4O4. The molecule has 0 aliphatic carbocycles. The van der Waals surface area contributed by atoms with Crippen LogP contribution in [0.5, 0.6) is 0 Å². The number of benzene rings is 24. The topological polar surface area (TPSA) is 65.5 Å². The fraction of sp³-hybridized carbons (Fsp3) is 0.0400. The van der Waals surface area contributed by atoms with E-state index in [4.69, 9.17) is 17.7 Å². The zero-order chi connectivity index (χ0) is 88.4. The van der Waals surface area contributed by atoms with E-state index >= 15 is 0 Å². The Bertz CT molecular complexity index is 9260. The summed E-state index contributed by atoms with van der Waals surface area (Å²) in [4.78, 5) is 9.61. The molecule has 0 aliphatic rings. The number of hydrogen-bond acceptors (Lipinski definition) is 8. The third-order valence-electron chi connectivity index (χ3n) is 27.7. The number of para-hydroxylation sites is 7. The van der Waals surface area contributed by atoms with Crippen molar-refractivity contribution in [1.82, 2.24) is 0 Å². The molecule has 0 saturated carbocycles. The Hall–Kier alpha value is -17.2. The minimum atomic E-state index is 0.885. The minimum absolute atomic E-state index is 0.885. The van der Waals surface area contributed by atoms with Crippen LogP contribution < -0.4 is 19.6 Å². The summed E-state index contributed by atoms with van der Waals surface area (Å²) in [5.41, 5.74) is 27.0. The van der Waals surface area contributed by atoms with Crippen molar-refractivity contribution in [2.75, 3.05) is 19.6 Å². The van der Waals surface area contributed by atoms with E-state index in [1.807, 2.05) is 48.5 Å². The molecule has 28 rings (SSSR count). The molecule has 4 heterocycles. The molecule has 0 aliphatic heterocycles. The average Bonchev–Trinajstić information content (AvgIpc) is 1.42. The summed E-state index contributed by atoms with van der Waals surface area (Å²) in [6.07, 6.45) is 0. The van der Waals surface area contributed by atoms with Gasteiger partial charge in [-0.1, -0.05) is 249 Å². The van der Waals surface area contributed by atoms with E-state index in [0.29, 0.717) is 0 Å². The molecular weight excluding hydrogens is 1620 g/mol. The van der Waals surface area contributed by atoms with Crippen molar-refractivity contribution in [3.63, 3.8) is 0 Å². The van der Waals surface area contributed by atoms with Crippen molar-refractivity contribution >= 4 is 253 Å². The zero-order valence-corrected chi connectivity index (χ0v) is 73.8. The highest BCUT2D eigenvalue weighted by Crippen LogP contribution is 2.54. The molecule has 0 amide bonds. The quantitative estimate of drug-likeness (QED) is 0.112. The lowest BCUT2D eigenvalue weighted by Gasteiger charge is -2.30. The summed E-state index contributed by atoms with van der Waals surface area (Å²) in [6, 6.07) is 150. The van der Waals surface area contributed by atoms with E-state index in [-0.39, 0.29) is 0 Å². The Morgan fingerprint density at radius 3 is 0.797 bits per heavy atom. The molecule has 28 aromatic rings. The molecule has 133 heavy (non-hydrogen) atoms. The largest absolute Gasteiger partial charge is 0.456 e. The van der Waals surface area contributed by atoms with Crippen LogP contribution in [0.25, 0.3) is 185 Å². The molecule has 0 fully saturated rings. The van der Waals surface area contributed by atoms with Crippen LogP contribution in [0, 0.1) is 34.6 Å². The van der Waals surface area contributed by atoms with Crippen LogP contribution in [0.1, 0.15) is 27.8 Å². The van der Waals surface area contributed by atoms with Crippen LogP contribution in [0.2, 0.25) is 0 Å². The number of hydrogen-bond donors (Lipinski definition) is 0. The normalized spacial score (nSPS) is 11.9. The van der Waals surface area contributed by atoms with Crippen molar-refractivity contribution < 1.29 is 17.7 Å². The summed E-state index contributed by atoms with van der Waals surface area (Å²) >= 11 is 0. The van der Waals surface area contributed by atoms with Crippen LogP contribution in [-0.2, 0) is 0 Å². The van der Waals surface area contributed by atoms with Gasteiger partial charge in [-0.15, -0.1) is 0 Å². The second-order valence-electron chi connectivity index (χ2n) is 35.6. The van der Waals surface area contributed by atoms with Crippen molar-refractivity contribution in [2.45, 2.75) is 34.6 Å². The Morgan fingerprint density at radius 1 is 0.143 bits per heavy atom. The maximum atomic E-state index is 6.28. The van der Waals surface area contributed by atoms with Gasteiger partial charge in [-0.3, -0.25) is 0 Å². The first-order chi connectivity index (χ1) is 65.5. The van der Waals surface area contributed by atoms with Crippen LogP contribution in [0.15, 0.2) is 436 Å². The van der Waals surface area contributed by atoms with Gasteiger partial charge in [0.25, 0.3) is 0 Å². The molecule has 628 valence electrons. The van der Waals surface area contributed by atoms with Gasteiger partial charge in [-0.2, -0.15) is 0 Å². The van der Waals surface area contributed by atoms with Crippen molar-refractivity contribution in [3.8, 4) is 0 Å². The van der Waals surface area contributed by atoms with E-state index in [2.05, 4.69) is 424 Å². The van der Waals surface area contributed by atoms with Crippen LogP contribution in [-0.4, -0.2) is 0 Å². The van der Waals surface area contributed by atoms with Gasteiger partial charge in [0.15, 0.2) is 0 Å². The maximum Gasteiger partial charge on any atom is 0.135 e. The SMILES string of the molecule is Cc1cc(N(c2ccccc2)c2ccc3oc4ccccc4c3c2)c2ccc3c(C)cc(N(c4ccccc4)c4ccc5oc6ccccc6c5c4)c4ccc1c2c34.Cc1ccc2ccc3c(C)cc(N(c4ccccc4)c4ccc5oc6ccccc6c5c4)c4ccc1c2c34.Cc1cccc(N(c2ccc3oc4ccccc4c3c2)c2ccc3ccc4cccc5ccc2c3c45)c1. The Morgan fingerprint density at radius 2 is 0.406 bits per heavy atom. The Kier molecular flexibility index (Phi) is 17.7. The number of fused-ring (bicyclic) bond motifs is 12. The Balaban J connectivity index is 0.000000108. The molecule has 24 aromatic carbocycles. The molecule has 0 radical (unpaired) electrons. The summed E-state index contributed by atoms with van der Waals surface area (Å²) in [6.45, 7) is 11.1. The molecule has 0 bridgehead atoms. The second kappa shape index (κ2) is 30.5. The summed E-state index contributed by atoms with van der Waals surface area (Å²) < 4.78 is 24.9. The maximum absolute atomic E-state index is 6.28. The van der Waals surface area contributed by atoms with Crippen LogP contribution in [0.4, 0.5) is 68.2 Å². The Labute approximate surface area is 766 Å². The number of anilines is 12. The standard InChI is InChI=1S/C54H36N2O2.C36H25NO.C35H23NO/c1-33-29-47(55(35-13-5-3-6-14-35)37-21-27-51-45(31-37)41-17-9-11-19-49(41)57-51)43-26-24-40-34(2)30-48(44-25-23-39(33)53(43)54(40)44)56(36-15-7-4-8-16-36)38-22-28-52-46(32-38)42-18-10-12-20-50(42)58-52;1-22-12-13-24-14-16-28-23(2)20-32(30-18-17-27(22)35(24)36(28)30)37(25-8-4-3-5-9-25)26-15-19-34-31(21-26)29-10-6-7-11-33(29)38-34;1-22-6-4-9-26(20-22)36(27-16-19-33-30(21-27)28-10-2-3-11-32(28)37-33)31-18-15-25-13-12-23-7-5-8-24-14-17-29(31)35(25)34(23)24/h3-32H,1-2H3;3-21H,1-2H3;2-21H,1H3. The first kappa shape index (κ1) is 77.0. The lowest BCUT2D eigenvalue weighted by Crippen LogP contribution is -2.12. The zero-order valence-electron chi connectivity index (χ0n) is 73.8. The molecule has 0 spiro atoms. The number of aryl methyl sites for hydroxylation is 5. The van der Waals surface area contributed by atoms with Crippen LogP contribution in [0.3, 0.4) is 0 Å². The smallest absolute Gasteiger partial charge is 0.135 e. The van der Waals surface area contributed by atoms with Crippen molar-refractivity contribution in [2.24, 2.45) is 0 Å². The molecule has 8 nitrogen and oxygen atoms in total. The van der Waals surface area contributed by atoms with E-state index in [1.54, 1.807) is 0 Å². The van der Waals surface area contributed by atoms with Crippen molar-refractivity contribution in [3.05, 3.63) is 446 Å². The van der Waals surface area contributed by atoms with Gasteiger partial charge < -0.3 is 37.3 Å². The molecule has 0 N–H and O–H groups in total. The molecule has 4 aromatic heterocycles. The lowest BCUT2D eigenvalue weighted by molar-refractivity contribution is 0.668. The molecule has 0 unspecified atom stereocenters. The predicted octanol–water partition coefficient (Wildman–Crippen LogP) is 36.8. The molecule has 0 saturated heterocycles. The highest BCUT2D eigenvalue weighted by atomic mass is 16.3. The van der Waals surface area contributed by atoms with Gasteiger partial charge in [0, 0.05) is 110 Å². The summed E-state index contributed by atoms with van der Waals surface area (Å²) in [5, 5.41) is 32.1. The van der Waals surface area contributed by atoms with E-state index < -0.39 is 0 Å². The second-order valence-corrected chi connectivity index (χ2v) is 35.6. The van der Waals surface area contributed by atoms with Crippen molar-refractivity contribution in [1.29, 1.82) is 0 Å². The lowest BCUT2D eigenvalue weighted by atomic mass is 9.88. The van der Waals surface area contributed by atoms with Gasteiger partial charge in [-0.05, 0) is 308 Å². The first-order valence-corrected chi connectivity index (χ1v) is 45.6. The number of rotatable bonds is 12. The van der Waals surface area contributed by atoms with Gasteiger partial charge in [0.1, 0.15) is 44.7 Å². The van der Waals surface area contributed by atoms with Gasteiger partial charge in [0.2, 0.25) is 0 Å². The summed E-state index contributed by atoms with van der Waals surface area (Å²) in [7, 11) is 0. The van der Waals surface area contributed by atoms with Gasteiger partial charge in [-0.25, -0.2) is 0 Å². The van der Waals surface area contributed by atoms with Gasteiger partial charge in [0.05, 0.1) is 22.7 Å². The summed E-state index contributed by atoms with van der Waals surface area (Å²) in [5.74, 6) is 0. The van der Waals surface area contributed by atoms with Gasteiger partial charge >= 0.3 is 0 Å². The number of nitrogens with zero attached hydrogens (tertiary/aromatic N) is 4. The minimum Gasteiger partial charge on any atom is -0.456 e. The van der Waals surface area contributed by atoms with E-state index in [1.165, 1.54) is 136 Å². The predicted molar refractivity (Wildman–Crippen MR) is 562 cm³/mol. The fourth-order valence-electron chi connectivity index (χ4n) is 21.6. The van der Waals surface area contributed by atoms with Crippen LogP contribution >= 0.6 is 0 Å². The molecule has 0 atom stereocenters. The van der Waals surface area contributed by atoms with E-state index in [0.717, 1.165) is 145 Å². The highest BCUT2D eigenvalue weighted by Gasteiger charge is 2.29. The fourth-order valence-corrected chi connectivity index (χ4v) is 21.6. The first-order valence-electron chi connectivity index (χ1n) is 45.6. The highest BCUT2D eigenvalue weighted by molar-refractivity contribution is 6.31. The molecule has 8 heteroatoms. The third kappa shape index (κ3) is 12.4. The number of furan rings is 4. The van der Waals surface area contributed by atoms with E-state index in [9.17, 15) is 0 Å². The average molecular weight is 1710 g/mol.